The number of halogens is 2. The van der Waals surface area contributed by atoms with Crippen LogP contribution in [0.5, 0.6) is 5.75 Å². The Morgan fingerprint density at radius 2 is 1.76 bits per heavy atom. The summed E-state index contributed by atoms with van der Waals surface area (Å²) in [6.07, 6.45) is 3.04. The van der Waals surface area contributed by atoms with Crippen LogP contribution in [0.1, 0.15) is 52.4 Å². The van der Waals surface area contributed by atoms with Crippen molar-refractivity contribution in [1.82, 2.24) is 15.1 Å². The lowest BCUT2D eigenvalue weighted by molar-refractivity contribution is 0.102. The molecule has 3 N–H and O–H groups in total. The van der Waals surface area contributed by atoms with Crippen LogP contribution in [0.4, 0.5) is 10.5 Å². The Balaban J connectivity index is 1.35. The first-order chi connectivity index (χ1) is 18.3. The van der Waals surface area contributed by atoms with Crippen LogP contribution >= 0.6 is 23.2 Å². The van der Waals surface area contributed by atoms with E-state index < -0.39 is 0 Å². The molecule has 5 rings (SSSR count). The minimum Gasteiger partial charge on any atom is -0.507 e. The molecular weight excluding hydrogens is 523 g/mol. The van der Waals surface area contributed by atoms with Crippen molar-refractivity contribution in [1.29, 1.82) is 0 Å². The molecule has 1 aliphatic rings. The number of amides is 2. The van der Waals surface area contributed by atoms with Crippen LogP contribution in [0.15, 0.2) is 66.7 Å². The van der Waals surface area contributed by atoms with E-state index in [0.717, 1.165) is 36.1 Å². The lowest BCUT2D eigenvalue weighted by Gasteiger charge is -2.25. The third-order valence-corrected chi connectivity index (χ3v) is 7.46. The van der Waals surface area contributed by atoms with E-state index in [1.165, 1.54) is 10.7 Å². The van der Waals surface area contributed by atoms with Crippen molar-refractivity contribution in [3.8, 4) is 17.0 Å². The number of nitrogens with zero attached hydrogens (tertiary/aromatic N) is 2. The molecule has 0 spiro atoms. The van der Waals surface area contributed by atoms with E-state index in [-0.39, 0.29) is 30.2 Å². The number of rotatable bonds is 6. The zero-order valence-corrected chi connectivity index (χ0v) is 22.2. The highest BCUT2D eigenvalue weighted by Gasteiger charge is 2.27. The van der Waals surface area contributed by atoms with Crippen molar-refractivity contribution in [2.75, 3.05) is 5.32 Å². The van der Waals surface area contributed by atoms with Gasteiger partial charge >= 0.3 is 6.03 Å². The summed E-state index contributed by atoms with van der Waals surface area (Å²) >= 11 is 12.1. The highest BCUT2D eigenvalue weighted by molar-refractivity contribution is 6.42. The van der Waals surface area contributed by atoms with Gasteiger partial charge in [0.1, 0.15) is 5.75 Å². The van der Waals surface area contributed by atoms with Gasteiger partial charge in [-0.15, -0.1) is 0 Å². The van der Waals surface area contributed by atoms with Crippen molar-refractivity contribution in [3.63, 3.8) is 0 Å². The van der Waals surface area contributed by atoms with E-state index >= 15 is 0 Å². The molecule has 1 saturated carbocycles. The van der Waals surface area contributed by atoms with E-state index in [9.17, 15) is 14.7 Å². The average Bonchev–Trinajstić information content (AvgIpc) is 3.28. The number of hydrogen-bond acceptors (Lipinski definition) is 4. The molecule has 3 aromatic carbocycles. The van der Waals surface area contributed by atoms with Crippen molar-refractivity contribution in [3.05, 3.63) is 99.2 Å². The SMILES string of the molecule is Cc1ccc(C(=O)Nc2ccc(-c3cc(C4CCC4)n(C(=O)NCc4ccc(Cl)c(Cl)c4)n3)c(O)c2)cc1. The fourth-order valence-electron chi connectivity index (χ4n) is 4.32. The second kappa shape index (κ2) is 10.9. The predicted octanol–water partition coefficient (Wildman–Crippen LogP) is 7.15. The van der Waals surface area contributed by atoms with Gasteiger partial charge in [0.25, 0.3) is 5.91 Å². The summed E-state index contributed by atoms with van der Waals surface area (Å²) in [5, 5.41) is 21.9. The van der Waals surface area contributed by atoms with Crippen molar-refractivity contribution >= 4 is 40.8 Å². The number of phenolic OH excluding ortho intramolecular Hbond substituents is 1. The lowest BCUT2D eigenvalue weighted by atomic mass is 9.82. The molecule has 4 aromatic rings. The first kappa shape index (κ1) is 25.8. The zero-order valence-electron chi connectivity index (χ0n) is 20.7. The predicted molar refractivity (Wildman–Crippen MR) is 149 cm³/mol. The molecule has 0 unspecified atom stereocenters. The second-order valence-corrected chi connectivity index (χ2v) is 10.3. The van der Waals surface area contributed by atoms with Crippen LogP contribution in [0.25, 0.3) is 11.3 Å². The summed E-state index contributed by atoms with van der Waals surface area (Å²) in [6.45, 7) is 2.21. The maximum atomic E-state index is 13.1. The average molecular weight is 549 g/mol. The third-order valence-electron chi connectivity index (χ3n) is 6.73. The molecule has 1 fully saturated rings. The molecule has 0 radical (unpaired) electrons. The lowest BCUT2D eigenvalue weighted by Crippen LogP contribution is -2.31. The maximum absolute atomic E-state index is 13.1. The first-order valence-electron chi connectivity index (χ1n) is 12.3. The number of carbonyl (C=O) groups is 2. The summed E-state index contributed by atoms with van der Waals surface area (Å²) in [5.74, 6) is -0.0951. The van der Waals surface area contributed by atoms with Gasteiger partial charge in [-0.1, -0.05) is 53.4 Å². The maximum Gasteiger partial charge on any atom is 0.342 e. The minimum absolute atomic E-state index is 0.0484. The number of nitrogens with one attached hydrogen (secondary N) is 2. The molecule has 1 aliphatic carbocycles. The Hall–Kier alpha value is -3.81. The van der Waals surface area contributed by atoms with Crippen molar-refractivity contribution in [2.45, 2.75) is 38.6 Å². The smallest absolute Gasteiger partial charge is 0.342 e. The standard InChI is InChI=1S/C29H26Cl2N4O3/c1-17-5-8-20(9-6-17)28(37)33-21-10-11-22(27(36)14-21)25-15-26(19-3-2-4-19)35(34-25)29(38)32-16-18-7-12-23(30)24(31)13-18/h5-15,19,36H,2-4,16H2,1H3,(H,32,38)(H,33,37). The van der Waals surface area contributed by atoms with Crippen molar-refractivity contribution in [2.24, 2.45) is 0 Å². The van der Waals surface area contributed by atoms with Gasteiger partial charge < -0.3 is 15.7 Å². The molecule has 0 aliphatic heterocycles. The summed E-state index contributed by atoms with van der Waals surface area (Å²) in [4.78, 5) is 25.7. The van der Waals surface area contributed by atoms with Crippen LogP contribution in [0, 0.1) is 6.92 Å². The monoisotopic (exact) mass is 548 g/mol. The Labute approximate surface area is 230 Å². The molecule has 0 bridgehead atoms. The Bertz CT molecular complexity index is 1510. The van der Waals surface area contributed by atoms with E-state index in [4.69, 9.17) is 23.2 Å². The van der Waals surface area contributed by atoms with Gasteiger partial charge in [-0.05, 0) is 67.8 Å². The number of anilines is 1. The van der Waals surface area contributed by atoms with Crippen molar-refractivity contribution < 1.29 is 14.7 Å². The Morgan fingerprint density at radius 1 is 1.00 bits per heavy atom. The minimum atomic E-state index is -0.370. The summed E-state index contributed by atoms with van der Waals surface area (Å²) in [6, 6.07) is 18.8. The number of phenols is 1. The fourth-order valence-corrected chi connectivity index (χ4v) is 4.64. The normalized spacial score (nSPS) is 13.1. The van der Waals surface area contributed by atoms with E-state index in [0.29, 0.717) is 32.6 Å². The number of aryl methyl sites for hydroxylation is 1. The molecule has 194 valence electrons. The Kier molecular flexibility index (Phi) is 7.40. The fraction of sp³-hybridized carbons (Fsp3) is 0.207. The van der Waals surface area contributed by atoms with Gasteiger partial charge in [0, 0.05) is 35.3 Å². The Morgan fingerprint density at radius 3 is 2.42 bits per heavy atom. The number of aromatic nitrogens is 2. The van der Waals surface area contributed by atoms with E-state index in [1.807, 2.05) is 25.1 Å². The van der Waals surface area contributed by atoms with Crippen LogP contribution in [-0.4, -0.2) is 26.8 Å². The van der Waals surface area contributed by atoms with Crippen LogP contribution in [-0.2, 0) is 6.54 Å². The largest absolute Gasteiger partial charge is 0.507 e. The zero-order chi connectivity index (χ0) is 26.8. The number of benzene rings is 3. The topological polar surface area (TPSA) is 96.3 Å². The van der Waals surface area contributed by atoms with Crippen LogP contribution < -0.4 is 10.6 Å². The molecule has 7 nitrogen and oxygen atoms in total. The highest BCUT2D eigenvalue weighted by Crippen LogP contribution is 2.39. The molecule has 0 atom stereocenters. The molecule has 1 heterocycles. The van der Waals surface area contributed by atoms with Gasteiger partial charge in [0.05, 0.1) is 21.4 Å². The molecule has 38 heavy (non-hydrogen) atoms. The van der Waals surface area contributed by atoms with Crippen LogP contribution in [0.3, 0.4) is 0 Å². The molecule has 2 amide bonds. The first-order valence-corrected chi connectivity index (χ1v) is 13.1. The van der Waals surface area contributed by atoms with Crippen LogP contribution in [0.2, 0.25) is 10.0 Å². The van der Waals surface area contributed by atoms with E-state index in [2.05, 4.69) is 15.7 Å². The molecular formula is C29H26Cl2N4O3. The van der Waals surface area contributed by atoms with Gasteiger partial charge in [0.2, 0.25) is 0 Å². The quantitative estimate of drug-likeness (QED) is 0.238. The number of carbonyl (C=O) groups excluding carboxylic acids is 2. The van der Waals surface area contributed by atoms with Gasteiger partial charge in [-0.25, -0.2) is 4.79 Å². The van der Waals surface area contributed by atoms with Gasteiger partial charge in [-0.3, -0.25) is 4.79 Å². The molecule has 9 heteroatoms. The van der Waals surface area contributed by atoms with E-state index in [1.54, 1.807) is 42.5 Å². The number of aromatic hydroxyl groups is 1. The summed E-state index contributed by atoms with van der Waals surface area (Å²) in [5.41, 5.74) is 4.60. The van der Waals surface area contributed by atoms with Gasteiger partial charge in [0.15, 0.2) is 0 Å². The number of hydrogen-bond donors (Lipinski definition) is 3. The molecule has 0 saturated heterocycles. The summed E-state index contributed by atoms with van der Waals surface area (Å²) < 4.78 is 1.38. The summed E-state index contributed by atoms with van der Waals surface area (Å²) in [7, 11) is 0. The second-order valence-electron chi connectivity index (χ2n) is 9.45. The molecule has 1 aromatic heterocycles. The highest BCUT2D eigenvalue weighted by atomic mass is 35.5. The van der Waals surface area contributed by atoms with Gasteiger partial charge in [-0.2, -0.15) is 9.78 Å². The third kappa shape index (κ3) is 5.54.